The molecule has 0 spiro atoms. The highest BCUT2D eigenvalue weighted by Crippen LogP contribution is 2.19. The molecule has 0 saturated carbocycles. The number of nitrogens with zero attached hydrogens (tertiary/aromatic N) is 1. The summed E-state index contributed by atoms with van der Waals surface area (Å²) in [6.45, 7) is 6.61. The van der Waals surface area contributed by atoms with Crippen molar-refractivity contribution >= 4 is 28.5 Å². The van der Waals surface area contributed by atoms with Crippen molar-refractivity contribution in [2.24, 2.45) is 4.99 Å². The smallest absolute Gasteiger partial charge is 0.258 e. The Bertz CT molecular complexity index is 1290. The number of aromatic amines is 1. The summed E-state index contributed by atoms with van der Waals surface area (Å²) in [5.41, 5.74) is 7.13. The van der Waals surface area contributed by atoms with Gasteiger partial charge in [0.15, 0.2) is 0 Å². The monoisotopic (exact) mass is 424 g/mol. The second-order valence-corrected chi connectivity index (χ2v) is 7.98. The molecule has 1 heterocycles. The number of amides is 1. The summed E-state index contributed by atoms with van der Waals surface area (Å²) in [5.74, 6) is 0.276. The van der Waals surface area contributed by atoms with Gasteiger partial charge in [0.1, 0.15) is 0 Å². The Labute approximate surface area is 188 Å². The average Bonchev–Trinajstić information content (AvgIpc) is 3.20. The number of hydrogen-bond donors (Lipinski definition) is 3. The number of aliphatic imine (C=N–C) groups is 1. The first-order valence-electron chi connectivity index (χ1n) is 10.8. The molecule has 0 aliphatic heterocycles. The Morgan fingerprint density at radius 2 is 1.66 bits per heavy atom. The van der Waals surface area contributed by atoms with Crippen molar-refractivity contribution in [1.82, 2.24) is 10.3 Å². The molecule has 4 rings (SSSR count). The van der Waals surface area contributed by atoms with E-state index in [-0.39, 0.29) is 5.91 Å². The van der Waals surface area contributed by atoms with Gasteiger partial charge in [0.25, 0.3) is 5.91 Å². The molecule has 0 atom stereocenters. The van der Waals surface area contributed by atoms with Crippen molar-refractivity contribution in [1.29, 1.82) is 0 Å². The molecule has 162 valence electrons. The lowest BCUT2D eigenvalue weighted by Crippen LogP contribution is -2.36. The summed E-state index contributed by atoms with van der Waals surface area (Å²) in [5, 5.41) is 7.52. The highest BCUT2D eigenvalue weighted by Gasteiger charge is 2.13. The number of para-hydroxylation sites is 1. The standard InChI is InChI=1S/C27H28N4O/c1-18-10-8-14-24(20(18)3)30-27(31-26(32)22-11-5-4-9-19(22)2)28-16-15-21-17-29-25-13-7-6-12-23(21)25/h4-14,17,29H,15-16H2,1-3H3,(H2,28,30,31,32). The van der Waals surface area contributed by atoms with Gasteiger partial charge >= 0.3 is 0 Å². The highest BCUT2D eigenvalue weighted by molar-refractivity contribution is 6.10. The number of hydrogen-bond acceptors (Lipinski definition) is 2. The lowest BCUT2D eigenvalue weighted by Gasteiger charge is -2.15. The van der Waals surface area contributed by atoms with Crippen molar-refractivity contribution in [3.8, 4) is 0 Å². The second-order valence-electron chi connectivity index (χ2n) is 7.98. The molecular weight excluding hydrogens is 396 g/mol. The minimum atomic E-state index is -0.174. The molecule has 0 unspecified atom stereocenters. The summed E-state index contributed by atoms with van der Waals surface area (Å²) < 4.78 is 0. The van der Waals surface area contributed by atoms with Crippen LogP contribution in [0.15, 0.2) is 77.9 Å². The van der Waals surface area contributed by atoms with Crippen LogP contribution in [0.4, 0.5) is 5.69 Å². The van der Waals surface area contributed by atoms with Gasteiger partial charge in [-0.25, -0.2) is 0 Å². The van der Waals surface area contributed by atoms with Crippen molar-refractivity contribution in [2.45, 2.75) is 27.2 Å². The van der Waals surface area contributed by atoms with Gasteiger partial charge in [-0.05, 0) is 67.6 Å². The van der Waals surface area contributed by atoms with Gasteiger partial charge in [-0.15, -0.1) is 0 Å². The fourth-order valence-corrected chi connectivity index (χ4v) is 3.75. The summed E-state index contributed by atoms with van der Waals surface area (Å²) in [7, 11) is 0. The minimum Gasteiger partial charge on any atom is -0.361 e. The molecule has 0 bridgehead atoms. The Kier molecular flexibility index (Phi) is 6.36. The Hall–Kier alpha value is -3.86. The van der Waals surface area contributed by atoms with E-state index in [1.165, 1.54) is 16.5 Å². The first kappa shape index (κ1) is 21.4. The fraction of sp³-hybridized carbons (Fsp3) is 0.185. The molecule has 4 aromatic rings. The van der Waals surface area contributed by atoms with Crippen LogP contribution in [0.25, 0.3) is 10.9 Å². The number of aryl methyl sites for hydroxylation is 2. The molecule has 0 radical (unpaired) electrons. The minimum absolute atomic E-state index is 0.174. The fourth-order valence-electron chi connectivity index (χ4n) is 3.75. The maximum absolute atomic E-state index is 12.9. The zero-order chi connectivity index (χ0) is 22.5. The molecule has 32 heavy (non-hydrogen) atoms. The number of benzene rings is 3. The predicted molar refractivity (Wildman–Crippen MR) is 132 cm³/mol. The van der Waals surface area contributed by atoms with Gasteiger partial charge in [0, 0.05) is 34.9 Å². The van der Waals surface area contributed by atoms with Crippen molar-refractivity contribution < 1.29 is 4.79 Å². The largest absolute Gasteiger partial charge is 0.361 e. The number of carbonyl (C=O) groups is 1. The zero-order valence-electron chi connectivity index (χ0n) is 18.7. The van der Waals surface area contributed by atoms with Gasteiger partial charge < -0.3 is 10.3 Å². The van der Waals surface area contributed by atoms with Crippen LogP contribution in [0, 0.1) is 20.8 Å². The van der Waals surface area contributed by atoms with E-state index in [1.54, 1.807) is 0 Å². The maximum Gasteiger partial charge on any atom is 0.258 e. The third kappa shape index (κ3) is 4.72. The van der Waals surface area contributed by atoms with Crippen LogP contribution in [0.1, 0.15) is 32.6 Å². The SMILES string of the molecule is Cc1ccccc1C(=O)NC(=NCCc1c[nH]c2ccccc12)Nc1cccc(C)c1C. The number of carbonyl (C=O) groups excluding carboxylic acids is 1. The van der Waals surface area contributed by atoms with E-state index in [9.17, 15) is 4.79 Å². The van der Waals surface area contributed by atoms with Crippen LogP contribution in [0.2, 0.25) is 0 Å². The average molecular weight is 425 g/mol. The van der Waals surface area contributed by atoms with E-state index < -0.39 is 0 Å². The second kappa shape index (κ2) is 9.52. The quantitative estimate of drug-likeness (QED) is 0.291. The van der Waals surface area contributed by atoms with Gasteiger partial charge in [-0.1, -0.05) is 48.5 Å². The highest BCUT2D eigenvalue weighted by atomic mass is 16.1. The van der Waals surface area contributed by atoms with E-state index in [0.717, 1.165) is 28.8 Å². The predicted octanol–water partition coefficient (Wildman–Crippen LogP) is 5.53. The molecule has 5 nitrogen and oxygen atoms in total. The summed E-state index contributed by atoms with van der Waals surface area (Å²) >= 11 is 0. The number of rotatable bonds is 5. The number of aromatic nitrogens is 1. The van der Waals surface area contributed by atoms with Crippen LogP contribution in [-0.2, 0) is 6.42 Å². The van der Waals surface area contributed by atoms with Crippen LogP contribution < -0.4 is 10.6 Å². The van der Waals surface area contributed by atoms with Gasteiger partial charge in [-0.3, -0.25) is 15.1 Å². The van der Waals surface area contributed by atoms with E-state index in [2.05, 4.69) is 47.7 Å². The van der Waals surface area contributed by atoms with Crippen molar-refractivity contribution in [3.63, 3.8) is 0 Å². The third-order valence-electron chi connectivity index (χ3n) is 5.81. The number of nitrogens with one attached hydrogen (secondary N) is 3. The van der Waals surface area contributed by atoms with E-state index in [4.69, 9.17) is 4.99 Å². The molecule has 1 aromatic heterocycles. The van der Waals surface area contributed by atoms with E-state index >= 15 is 0 Å². The van der Waals surface area contributed by atoms with Crippen LogP contribution >= 0.6 is 0 Å². The van der Waals surface area contributed by atoms with Gasteiger partial charge in [-0.2, -0.15) is 0 Å². The summed E-state index contributed by atoms with van der Waals surface area (Å²) in [4.78, 5) is 21.0. The van der Waals surface area contributed by atoms with Crippen LogP contribution in [0.5, 0.6) is 0 Å². The number of anilines is 1. The molecule has 0 fully saturated rings. The molecule has 0 aliphatic carbocycles. The Morgan fingerprint density at radius 1 is 0.906 bits per heavy atom. The summed E-state index contributed by atoms with van der Waals surface area (Å²) in [6, 6.07) is 21.9. The molecule has 0 saturated heterocycles. The molecule has 1 amide bonds. The first-order chi connectivity index (χ1) is 15.5. The maximum atomic E-state index is 12.9. The first-order valence-corrected chi connectivity index (χ1v) is 10.8. The van der Waals surface area contributed by atoms with E-state index in [0.29, 0.717) is 18.1 Å². The summed E-state index contributed by atoms with van der Waals surface area (Å²) in [6.07, 6.45) is 2.80. The topological polar surface area (TPSA) is 69.3 Å². The normalized spacial score (nSPS) is 11.5. The molecular formula is C27H28N4O. The number of fused-ring (bicyclic) bond motifs is 1. The molecule has 3 aromatic carbocycles. The Balaban J connectivity index is 1.56. The molecule has 3 N–H and O–H groups in total. The van der Waals surface area contributed by atoms with Crippen molar-refractivity contribution in [2.75, 3.05) is 11.9 Å². The van der Waals surface area contributed by atoms with Crippen LogP contribution in [0.3, 0.4) is 0 Å². The Morgan fingerprint density at radius 3 is 2.50 bits per heavy atom. The lowest BCUT2D eigenvalue weighted by molar-refractivity contribution is 0.0976. The lowest BCUT2D eigenvalue weighted by atomic mass is 10.1. The van der Waals surface area contributed by atoms with Crippen LogP contribution in [-0.4, -0.2) is 23.4 Å². The van der Waals surface area contributed by atoms with Gasteiger partial charge in [0.2, 0.25) is 5.96 Å². The zero-order valence-corrected chi connectivity index (χ0v) is 18.7. The third-order valence-corrected chi connectivity index (χ3v) is 5.81. The number of H-pyrrole nitrogens is 1. The van der Waals surface area contributed by atoms with E-state index in [1.807, 2.05) is 61.7 Å². The van der Waals surface area contributed by atoms with Gasteiger partial charge in [0.05, 0.1) is 0 Å². The molecule has 5 heteroatoms. The molecule has 0 aliphatic rings. The number of guanidine groups is 1. The van der Waals surface area contributed by atoms with Crippen molar-refractivity contribution in [3.05, 3.63) is 101 Å².